The van der Waals surface area contributed by atoms with E-state index >= 15 is 0 Å². The molecule has 1 aliphatic rings. The summed E-state index contributed by atoms with van der Waals surface area (Å²) in [6.07, 6.45) is 1.23. The monoisotopic (exact) mass is 340 g/mol. The van der Waals surface area contributed by atoms with Gasteiger partial charge in [-0.3, -0.25) is 9.80 Å². The van der Waals surface area contributed by atoms with Crippen molar-refractivity contribution in [1.29, 1.82) is 0 Å². The lowest BCUT2D eigenvalue weighted by Crippen LogP contribution is -2.43. The van der Waals surface area contributed by atoms with E-state index < -0.39 is 6.10 Å². The van der Waals surface area contributed by atoms with Crippen LogP contribution >= 0.6 is 11.3 Å². The molecule has 1 N–H and O–H groups in total. The van der Waals surface area contributed by atoms with Crippen LogP contribution in [0, 0.1) is 0 Å². The summed E-state index contributed by atoms with van der Waals surface area (Å²) in [4.78, 5) is 4.73. The molecule has 0 saturated carbocycles. The fourth-order valence-electron chi connectivity index (χ4n) is 2.62. The first-order valence-corrected chi connectivity index (χ1v) is 9.12. The van der Waals surface area contributed by atoms with E-state index in [0.717, 1.165) is 45.9 Å². The predicted molar refractivity (Wildman–Crippen MR) is 93.9 cm³/mol. The Hall–Kier alpha value is -0.760. The van der Waals surface area contributed by atoms with E-state index in [4.69, 9.17) is 9.47 Å². The van der Waals surface area contributed by atoms with Gasteiger partial charge in [-0.25, -0.2) is 0 Å². The number of thiophene rings is 1. The summed E-state index contributed by atoms with van der Waals surface area (Å²) in [7, 11) is 0. The van der Waals surface area contributed by atoms with E-state index in [2.05, 4.69) is 33.2 Å². The second-order valence-corrected chi connectivity index (χ2v) is 6.58. The van der Waals surface area contributed by atoms with E-state index in [-0.39, 0.29) is 0 Å². The Bertz CT molecular complexity index is 421. The van der Waals surface area contributed by atoms with Crippen molar-refractivity contribution in [2.24, 2.45) is 0 Å². The second kappa shape index (κ2) is 10.9. The van der Waals surface area contributed by atoms with Gasteiger partial charge in [0.25, 0.3) is 0 Å². The molecule has 2 rings (SSSR count). The minimum absolute atomic E-state index is 0.351. The molecule has 1 aliphatic heterocycles. The fraction of sp³-hybridized carbons (Fsp3) is 0.647. The predicted octanol–water partition coefficient (Wildman–Crippen LogP) is 1.45. The van der Waals surface area contributed by atoms with E-state index in [1.165, 1.54) is 5.56 Å². The minimum Gasteiger partial charge on any atom is -0.389 e. The van der Waals surface area contributed by atoms with Crippen LogP contribution in [-0.2, 0) is 16.0 Å². The van der Waals surface area contributed by atoms with Gasteiger partial charge in [-0.05, 0) is 22.4 Å². The highest BCUT2D eigenvalue weighted by Crippen LogP contribution is 2.10. The molecular weight excluding hydrogens is 312 g/mol. The highest BCUT2D eigenvalue weighted by Gasteiger charge is 2.16. The van der Waals surface area contributed by atoms with Gasteiger partial charge in [-0.2, -0.15) is 11.3 Å². The highest BCUT2D eigenvalue weighted by molar-refractivity contribution is 7.07. The number of hydrogen-bond donors (Lipinski definition) is 1. The van der Waals surface area contributed by atoms with Crippen molar-refractivity contribution < 1.29 is 14.6 Å². The Morgan fingerprint density at radius 2 is 2.30 bits per heavy atom. The molecule has 2 heterocycles. The van der Waals surface area contributed by atoms with Gasteiger partial charge in [0.2, 0.25) is 0 Å². The highest BCUT2D eigenvalue weighted by atomic mass is 32.1. The number of rotatable bonds is 11. The SMILES string of the molecule is C=CCOCC(O)CN(CCN1CCOCC1)Cc1ccsc1. The molecule has 1 atom stereocenters. The van der Waals surface area contributed by atoms with Crippen molar-refractivity contribution in [3.8, 4) is 0 Å². The molecule has 0 spiro atoms. The summed E-state index contributed by atoms with van der Waals surface area (Å²) in [6, 6.07) is 2.15. The average molecular weight is 340 g/mol. The number of nitrogens with zero attached hydrogens (tertiary/aromatic N) is 2. The van der Waals surface area contributed by atoms with E-state index in [9.17, 15) is 5.11 Å². The zero-order valence-corrected chi connectivity index (χ0v) is 14.5. The molecule has 1 aromatic heterocycles. The Morgan fingerprint density at radius 1 is 1.48 bits per heavy atom. The van der Waals surface area contributed by atoms with Crippen molar-refractivity contribution in [2.45, 2.75) is 12.6 Å². The number of morpholine rings is 1. The van der Waals surface area contributed by atoms with Gasteiger partial charge in [0.05, 0.1) is 32.5 Å². The molecular formula is C17H28N2O3S. The summed E-state index contributed by atoms with van der Waals surface area (Å²) in [6.45, 7) is 11.5. The molecule has 1 unspecified atom stereocenters. The van der Waals surface area contributed by atoms with Crippen molar-refractivity contribution in [1.82, 2.24) is 9.80 Å². The van der Waals surface area contributed by atoms with E-state index in [1.807, 2.05) is 0 Å². The Labute approximate surface area is 143 Å². The molecule has 0 radical (unpaired) electrons. The lowest BCUT2D eigenvalue weighted by molar-refractivity contribution is 0.0128. The van der Waals surface area contributed by atoms with Gasteiger partial charge < -0.3 is 14.6 Å². The third kappa shape index (κ3) is 7.56. The quantitative estimate of drug-likeness (QED) is 0.488. The molecule has 1 aromatic rings. The maximum atomic E-state index is 10.2. The van der Waals surface area contributed by atoms with Crippen molar-refractivity contribution in [3.63, 3.8) is 0 Å². The van der Waals surface area contributed by atoms with Crippen molar-refractivity contribution in [3.05, 3.63) is 35.0 Å². The molecule has 0 aromatic carbocycles. The molecule has 0 bridgehead atoms. The maximum Gasteiger partial charge on any atom is 0.0900 e. The molecule has 0 aliphatic carbocycles. The smallest absolute Gasteiger partial charge is 0.0900 e. The third-order valence-electron chi connectivity index (χ3n) is 3.84. The van der Waals surface area contributed by atoms with Crippen LogP contribution in [-0.4, -0.2) is 80.2 Å². The van der Waals surface area contributed by atoms with Crippen LogP contribution in [0.15, 0.2) is 29.5 Å². The molecule has 0 amide bonds. The number of hydrogen-bond acceptors (Lipinski definition) is 6. The van der Waals surface area contributed by atoms with Gasteiger partial charge >= 0.3 is 0 Å². The van der Waals surface area contributed by atoms with Gasteiger partial charge in [-0.1, -0.05) is 6.08 Å². The van der Waals surface area contributed by atoms with Crippen LogP contribution in [0.25, 0.3) is 0 Å². The van der Waals surface area contributed by atoms with Crippen LogP contribution in [0.3, 0.4) is 0 Å². The summed E-state index contributed by atoms with van der Waals surface area (Å²) in [5.41, 5.74) is 1.30. The Balaban J connectivity index is 1.79. The molecule has 5 nitrogen and oxygen atoms in total. The molecule has 1 saturated heterocycles. The maximum absolute atomic E-state index is 10.2. The Kier molecular flexibility index (Phi) is 8.81. The van der Waals surface area contributed by atoms with Crippen LogP contribution in [0.2, 0.25) is 0 Å². The Morgan fingerprint density at radius 3 is 3.00 bits per heavy atom. The normalized spacial score (nSPS) is 17.5. The van der Waals surface area contributed by atoms with E-state index in [1.54, 1.807) is 17.4 Å². The first-order valence-electron chi connectivity index (χ1n) is 8.18. The number of ether oxygens (including phenoxy) is 2. The molecule has 23 heavy (non-hydrogen) atoms. The molecule has 130 valence electrons. The summed E-state index contributed by atoms with van der Waals surface area (Å²) in [5.74, 6) is 0. The van der Waals surface area contributed by atoms with Gasteiger partial charge in [0.15, 0.2) is 0 Å². The summed E-state index contributed by atoms with van der Waals surface area (Å²) >= 11 is 1.71. The van der Waals surface area contributed by atoms with Crippen LogP contribution in [0.5, 0.6) is 0 Å². The largest absolute Gasteiger partial charge is 0.389 e. The average Bonchev–Trinajstić information content (AvgIpc) is 3.07. The molecule has 6 heteroatoms. The van der Waals surface area contributed by atoms with E-state index in [0.29, 0.717) is 19.8 Å². The van der Waals surface area contributed by atoms with Crippen molar-refractivity contribution >= 4 is 11.3 Å². The number of aliphatic hydroxyl groups excluding tert-OH is 1. The topological polar surface area (TPSA) is 45.2 Å². The standard InChI is InChI=1S/C17H28N2O3S/c1-2-8-22-14-17(20)13-19(12-16-3-11-23-15-16)5-4-18-6-9-21-10-7-18/h2-3,11,15,17,20H,1,4-10,12-14H2. The first kappa shape index (κ1) is 18.6. The minimum atomic E-state index is -0.474. The number of aliphatic hydroxyl groups is 1. The van der Waals surface area contributed by atoms with Gasteiger partial charge in [0, 0.05) is 39.3 Å². The van der Waals surface area contributed by atoms with Crippen LogP contribution in [0.1, 0.15) is 5.56 Å². The summed E-state index contributed by atoms with van der Waals surface area (Å²) in [5, 5.41) is 14.4. The van der Waals surface area contributed by atoms with Crippen LogP contribution in [0.4, 0.5) is 0 Å². The second-order valence-electron chi connectivity index (χ2n) is 5.80. The zero-order chi connectivity index (χ0) is 16.3. The lowest BCUT2D eigenvalue weighted by atomic mass is 10.2. The first-order chi connectivity index (χ1) is 11.3. The molecule has 1 fully saturated rings. The fourth-order valence-corrected chi connectivity index (χ4v) is 3.28. The van der Waals surface area contributed by atoms with Gasteiger partial charge in [0.1, 0.15) is 0 Å². The van der Waals surface area contributed by atoms with Crippen molar-refractivity contribution in [2.75, 3.05) is 59.2 Å². The van der Waals surface area contributed by atoms with Crippen LogP contribution < -0.4 is 0 Å². The zero-order valence-electron chi connectivity index (χ0n) is 13.7. The third-order valence-corrected chi connectivity index (χ3v) is 4.57. The van der Waals surface area contributed by atoms with Gasteiger partial charge in [-0.15, -0.1) is 6.58 Å². The lowest BCUT2D eigenvalue weighted by Gasteiger charge is -2.30. The summed E-state index contributed by atoms with van der Waals surface area (Å²) < 4.78 is 10.7.